The zero-order chi connectivity index (χ0) is 16.8. The number of alkyl halides is 1. The highest BCUT2D eigenvalue weighted by Crippen LogP contribution is 2.30. The minimum atomic E-state index is -1.16. The predicted octanol–water partition coefficient (Wildman–Crippen LogP) is 2.27. The van der Waals surface area contributed by atoms with Gasteiger partial charge in [0, 0.05) is 32.7 Å². The largest absolute Gasteiger partial charge is 0.444 e. The van der Waals surface area contributed by atoms with Crippen molar-refractivity contribution in [1.29, 1.82) is 0 Å². The van der Waals surface area contributed by atoms with E-state index in [0.29, 0.717) is 32.4 Å². The van der Waals surface area contributed by atoms with Crippen molar-refractivity contribution in [3.8, 4) is 0 Å². The number of likely N-dealkylation sites (N-methyl/N-ethyl adjacent to an activating group) is 2. The highest BCUT2D eigenvalue weighted by atomic mass is 19.1. The van der Waals surface area contributed by atoms with E-state index < -0.39 is 11.3 Å². The molecule has 22 heavy (non-hydrogen) atoms. The van der Waals surface area contributed by atoms with E-state index >= 15 is 0 Å². The number of nitrogens with zero attached hydrogens (tertiary/aromatic N) is 2. The van der Waals surface area contributed by atoms with Crippen LogP contribution in [0.4, 0.5) is 9.18 Å². The molecule has 0 unspecified atom stereocenters. The molecule has 0 aromatic rings. The first kappa shape index (κ1) is 19.2. The molecule has 1 aliphatic heterocycles. The Bertz CT molecular complexity index is 350. The minimum Gasteiger partial charge on any atom is -0.444 e. The fourth-order valence-electron chi connectivity index (χ4n) is 2.47. The van der Waals surface area contributed by atoms with Crippen LogP contribution in [0.25, 0.3) is 0 Å². The highest BCUT2D eigenvalue weighted by Gasteiger charge is 2.36. The quantitative estimate of drug-likeness (QED) is 0.816. The molecule has 1 aliphatic rings. The standard InChI is InChI=1S/C16H32FN3O2/c1-15(2,3)22-14(21)20-11-7-16(17,8-12-20)6-10-19(5)13-9-18-4/h18H,6-13H2,1-5H3. The number of ether oxygens (including phenoxy) is 1. The molecule has 6 heteroatoms. The number of carbonyl (C=O) groups is 1. The molecule has 1 N–H and O–H groups in total. The van der Waals surface area contributed by atoms with Crippen LogP contribution in [0.2, 0.25) is 0 Å². The summed E-state index contributed by atoms with van der Waals surface area (Å²) in [6.45, 7) is 8.96. The Morgan fingerprint density at radius 3 is 2.41 bits per heavy atom. The number of nitrogens with one attached hydrogen (secondary N) is 1. The number of amides is 1. The first-order valence-corrected chi connectivity index (χ1v) is 8.15. The fourth-order valence-corrected chi connectivity index (χ4v) is 2.47. The summed E-state index contributed by atoms with van der Waals surface area (Å²) in [6, 6.07) is 0. The van der Waals surface area contributed by atoms with Crippen molar-refractivity contribution in [2.75, 3.05) is 46.8 Å². The van der Waals surface area contributed by atoms with Crippen molar-refractivity contribution in [1.82, 2.24) is 15.1 Å². The van der Waals surface area contributed by atoms with E-state index in [4.69, 9.17) is 4.74 Å². The molecule has 0 aromatic heterocycles. The topological polar surface area (TPSA) is 44.8 Å². The van der Waals surface area contributed by atoms with Crippen LogP contribution in [0, 0.1) is 0 Å². The van der Waals surface area contributed by atoms with Gasteiger partial charge in [0.15, 0.2) is 0 Å². The molecule has 1 amide bonds. The number of carbonyl (C=O) groups excluding carboxylic acids is 1. The maximum atomic E-state index is 14.8. The molecule has 0 bridgehead atoms. The lowest BCUT2D eigenvalue weighted by Crippen LogP contribution is -2.47. The van der Waals surface area contributed by atoms with Crippen molar-refractivity contribution < 1.29 is 13.9 Å². The maximum Gasteiger partial charge on any atom is 0.410 e. The van der Waals surface area contributed by atoms with Gasteiger partial charge in [-0.2, -0.15) is 0 Å². The Kier molecular flexibility index (Phi) is 7.06. The average molecular weight is 317 g/mol. The first-order valence-electron chi connectivity index (χ1n) is 8.15. The molecule has 0 saturated carbocycles. The lowest BCUT2D eigenvalue weighted by Gasteiger charge is -2.37. The Morgan fingerprint density at radius 2 is 1.91 bits per heavy atom. The Hall–Kier alpha value is -0.880. The van der Waals surface area contributed by atoms with Crippen LogP contribution in [0.1, 0.15) is 40.0 Å². The van der Waals surface area contributed by atoms with Gasteiger partial charge < -0.3 is 19.9 Å². The molecule has 0 spiro atoms. The normalized spacial score (nSPS) is 18.6. The highest BCUT2D eigenvalue weighted by molar-refractivity contribution is 5.68. The number of piperidine rings is 1. The SMILES string of the molecule is CNCCN(C)CCC1(F)CCN(C(=O)OC(C)(C)C)CC1. The van der Waals surface area contributed by atoms with E-state index in [1.54, 1.807) is 4.90 Å². The third-order valence-corrected chi connectivity index (χ3v) is 4.00. The zero-order valence-electron chi connectivity index (χ0n) is 14.7. The van der Waals surface area contributed by atoms with Gasteiger partial charge in [-0.25, -0.2) is 9.18 Å². The summed E-state index contributed by atoms with van der Waals surface area (Å²) in [4.78, 5) is 15.7. The number of hydrogen-bond donors (Lipinski definition) is 1. The Balaban J connectivity index is 2.35. The van der Waals surface area contributed by atoms with Crippen molar-refractivity contribution in [3.63, 3.8) is 0 Å². The number of likely N-dealkylation sites (tertiary alicyclic amines) is 1. The molecule has 0 aliphatic carbocycles. The van der Waals surface area contributed by atoms with Crippen molar-refractivity contribution in [2.45, 2.75) is 51.3 Å². The van der Waals surface area contributed by atoms with Gasteiger partial charge in [-0.3, -0.25) is 0 Å². The van der Waals surface area contributed by atoms with E-state index in [1.807, 2.05) is 34.9 Å². The van der Waals surface area contributed by atoms with Crippen LogP contribution in [0.15, 0.2) is 0 Å². The molecule has 1 heterocycles. The summed E-state index contributed by atoms with van der Waals surface area (Å²) >= 11 is 0. The van der Waals surface area contributed by atoms with Gasteiger partial charge in [0.05, 0.1) is 0 Å². The lowest BCUT2D eigenvalue weighted by molar-refractivity contribution is -0.000157. The average Bonchev–Trinajstić information content (AvgIpc) is 2.42. The van der Waals surface area contributed by atoms with Crippen LogP contribution in [0.3, 0.4) is 0 Å². The van der Waals surface area contributed by atoms with Gasteiger partial charge in [0.25, 0.3) is 0 Å². The van der Waals surface area contributed by atoms with E-state index in [0.717, 1.165) is 19.6 Å². The minimum absolute atomic E-state index is 0.333. The van der Waals surface area contributed by atoms with Gasteiger partial charge in [-0.15, -0.1) is 0 Å². The maximum absolute atomic E-state index is 14.8. The van der Waals surface area contributed by atoms with Gasteiger partial charge in [-0.1, -0.05) is 0 Å². The summed E-state index contributed by atoms with van der Waals surface area (Å²) in [6.07, 6.45) is 0.980. The van der Waals surface area contributed by atoms with Crippen LogP contribution >= 0.6 is 0 Å². The van der Waals surface area contributed by atoms with Crippen LogP contribution in [-0.2, 0) is 4.74 Å². The van der Waals surface area contributed by atoms with Crippen molar-refractivity contribution in [2.24, 2.45) is 0 Å². The number of rotatable bonds is 6. The fraction of sp³-hybridized carbons (Fsp3) is 0.938. The zero-order valence-corrected chi connectivity index (χ0v) is 14.7. The molecule has 1 saturated heterocycles. The van der Waals surface area contributed by atoms with E-state index in [9.17, 15) is 9.18 Å². The molecular formula is C16H32FN3O2. The molecule has 0 radical (unpaired) electrons. The molecule has 130 valence electrons. The number of halogens is 1. The molecule has 0 atom stereocenters. The molecule has 5 nitrogen and oxygen atoms in total. The summed E-state index contributed by atoms with van der Waals surface area (Å²) in [7, 11) is 3.92. The summed E-state index contributed by atoms with van der Waals surface area (Å²) in [5.74, 6) is 0. The van der Waals surface area contributed by atoms with Gasteiger partial charge >= 0.3 is 6.09 Å². The van der Waals surface area contributed by atoms with Crippen LogP contribution < -0.4 is 5.32 Å². The lowest BCUT2D eigenvalue weighted by atomic mass is 9.90. The number of hydrogen-bond acceptors (Lipinski definition) is 4. The van der Waals surface area contributed by atoms with Crippen LogP contribution in [-0.4, -0.2) is 74.0 Å². The Labute approximate surface area is 134 Å². The third-order valence-electron chi connectivity index (χ3n) is 4.00. The van der Waals surface area contributed by atoms with E-state index in [1.165, 1.54) is 0 Å². The second kappa shape index (κ2) is 8.11. The van der Waals surface area contributed by atoms with Crippen molar-refractivity contribution >= 4 is 6.09 Å². The van der Waals surface area contributed by atoms with E-state index in [-0.39, 0.29) is 6.09 Å². The Morgan fingerprint density at radius 1 is 1.32 bits per heavy atom. The molecule has 1 rings (SSSR count). The van der Waals surface area contributed by atoms with Crippen molar-refractivity contribution in [3.05, 3.63) is 0 Å². The molecule has 0 aromatic carbocycles. The summed E-state index contributed by atoms with van der Waals surface area (Å²) < 4.78 is 20.1. The molecular weight excluding hydrogens is 285 g/mol. The van der Waals surface area contributed by atoms with Gasteiger partial charge in [0.2, 0.25) is 0 Å². The second-order valence-electron chi connectivity index (χ2n) is 7.28. The molecule has 1 fully saturated rings. The van der Waals surface area contributed by atoms with Gasteiger partial charge in [-0.05, 0) is 54.1 Å². The second-order valence-corrected chi connectivity index (χ2v) is 7.28. The van der Waals surface area contributed by atoms with Crippen LogP contribution in [0.5, 0.6) is 0 Å². The monoisotopic (exact) mass is 317 g/mol. The van der Waals surface area contributed by atoms with E-state index in [2.05, 4.69) is 10.2 Å². The summed E-state index contributed by atoms with van der Waals surface area (Å²) in [5, 5.41) is 3.09. The summed E-state index contributed by atoms with van der Waals surface area (Å²) in [5.41, 5.74) is -1.66. The smallest absolute Gasteiger partial charge is 0.410 e. The van der Waals surface area contributed by atoms with Gasteiger partial charge in [0.1, 0.15) is 11.3 Å². The third kappa shape index (κ3) is 6.92. The predicted molar refractivity (Wildman–Crippen MR) is 86.9 cm³/mol. The first-order chi connectivity index (χ1) is 10.2.